The molecular formula is C15H14NO4-. The molecule has 0 bridgehead atoms. The lowest BCUT2D eigenvalue weighted by Gasteiger charge is -2.11. The predicted molar refractivity (Wildman–Crippen MR) is 71.2 cm³/mol. The average molecular weight is 272 g/mol. The van der Waals surface area contributed by atoms with Crippen molar-refractivity contribution in [1.29, 1.82) is 0 Å². The lowest BCUT2D eigenvalue weighted by molar-refractivity contribution is -0.254. The van der Waals surface area contributed by atoms with Crippen LogP contribution >= 0.6 is 0 Å². The highest BCUT2D eigenvalue weighted by atomic mass is 16.4. The van der Waals surface area contributed by atoms with Crippen LogP contribution in [0.4, 0.5) is 5.69 Å². The summed E-state index contributed by atoms with van der Waals surface area (Å²) in [5, 5.41) is 13.5. The third kappa shape index (κ3) is 3.47. The topological polar surface area (TPSA) is 82.4 Å². The zero-order chi connectivity index (χ0) is 14.5. The van der Waals surface area contributed by atoms with Gasteiger partial charge < -0.3 is 19.6 Å². The molecule has 1 N–H and O–H groups in total. The van der Waals surface area contributed by atoms with Gasteiger partial charge in [0.15, 0.2) is 0 Å². The van der Waals surface area contributed by atoms with Gasteiger partial charge >= 0.3 is 0 Å². The summed E-state index contributed by atoms with van der Waals surface area (Å²) in [6.45, 7) is 1.83. The number of aryl methyl sites for hydroxylation is 2. The SMILES string of the molecule is Cc1ccc(CCC(=O)Nc2ccccc2C(=O)[O-])o1. The Morgan fingerprint density at radius 1 is 1.20 bits per heavy atom. The molecule has 0 aliphatic heterocycles. The first-order valence-electron chi connectivity index (χ1n) is 6.22. The summed E-state index contributed by atoms with van der Waals surface area (Å²) in [6, 6.07) is 9.79. The maximum Gasteiger partial charge on any atom is 0.224 e. The molecule has 0 spiro atoms. The van der Waals surface area contributed by atoms with E-state index in [2.05, 4.69) is 5.32 Å². The Kier molecular flexibility index (Phi) is 4.20. The Labute approximate surface area is 116 Å². The number of anilines is 1. The molecule has 1 amide bonds. The molecule has 5 heteroatoms. The van der Waals surface area contributed by atoms with E-state index >= 15 is 0 Å². The smallest absolute Gasteiger partial charge is 0.224 e. The molecule has 0 radical (unpaired) electrons. The first-order chi connectivity index (χ1) is 9.56. The van der Waals surface area contributed by atoms with Crippen LogP contribution in [0.3, 0.4) is 0 Å². The molecule has 0 unspecified atom stereocenters. The van der Waals surface area contributed by atoms with E-state index in [-0.39, 0.29) is 23.6 Å². The van der Waals surface area contributed by atoms with Gasteiger partial charge in [-0.05, 0) is 25.1 Å². The Hall–Kier alpha value is -2.56. The van der Waals surface area contributed by atoms with Crippen molar-refractivity contribution in [3.8, 4) is 0 Å². The van der Waals surface area contributed by atoms with Crippen molar-refractivity contribution >= 4 is 17.6 Å². The van der Waals surface area contributed by atoms with Crippen LogP contribution in [0.5, 0.6) is 0 Å². The van der Waals surface area contributed by atoms with Gasteiger partial charge in [0.25, 0.3) is 0 Å². The molecule has 104 valence electrons. The monoisotopic (exact) mass is 272 g/mol. The van der Waals surface area contributed by atoms with Crippen molar-refractivity contribution in [3.63, 3.8) is 0 Å². The van der Waals surface area contributed by atoms with Crippen molar-refractivity contribution in [2.24, 2.45) is 0 Å². The van der Waals surface area contributed by atoms with Gasteiger partial charge in [0.1, 0.15) is 11.5 Å². The number of furan rings is 1. The summed E-state index contributed by atoms with van der Waals surface area (Å²) in [6.07, 6.45) is 0.682. The fraction of sp³-hybridized carbons (Fsp3) is 0.200. The second-order valence-electron chi connectivity index (χ2n) is 4.39. The summed E-state index contributed by atoms with van der Waals surface area (Å²) in [7, 11) is 0. The molecule has 0 saturated heterocycles. The quantitative estimate of drug-likeness (QED) is 0.894. The molecule has 0 aliphatic carbocycles. The molecule has 1 heterocycles. The zero-order valence-corrected chi connectivity index (χ0v) is 11.0. The van der Waals surface area contributed by atoms with Crippen LogP contribution in [-0.2, 0) is 11.2 Å². The van der Waals surface area contributed by atoms with Gasteiger partial charge in [-0.3, -0.25) is 4.79 Å². The normalized spacial score (nSPS) is 10.2. The van der Waals surface area contributed by atoms with Crippen LogP contribution in [0, 0.1) is 6.92 Å². The van der Waals surface area contributed by atoms with E-state index < -0.39 is 5.97 Å². The number of hydrogen-bond acceptors (Lipinski definition) is 4. The molecular weight excluding hydrogens is 258 g/mol. The minimum absolute atomic E-state index is 0.0327. The number of aromatic carboxylic acids is 1. The first-order valence-corrected chi connectivity index (χ1v) is 6.22. The van der Waals surface area contributed by atoms with E-state index in [0.717, 1.165) is 11.5 Å². The fourth-order valence-corrected chi connectivity index (χ4v) is 1.84. The van der Waals surface area contributed by atoms with Gasteiger partial charge in [-0.2, -0.15) is 0 Å². The molecule has 1 aromatic carbocycles. The second kappa shape index (κ2) is 6.06. The molecule has 1 aromatic heterocycles. The van der Waals surface area contributed by atoms with E-state index in [4.69, 9.17) is 4.42 Å². The highest BCUT2D eigenvalue weighted by Gasteiger charge is 2.08. The number of hydrogen-bond donors (Lipinski definition) is 1. The number of carboxylic acids is 1. The Balaban J connectivity index is 1.96. The van der Waals surface area contributed by atoms with Crippen molar-refractivity contribution in [2.75, 3.05) is 5.32 Å². The van der Waals surface area contributed by atoms with Crippen LogP contribution < -0.4 is 10.4 Å². The summed E-state index contributed by atoms with van der Waals surface area (Å²) in [5.74, 6) is -0.0659. The third-order valence-electron chi connectivity index (χ3n) is 2.82. The number of carbonyl (C=O) groups is 2. The summed E-state index contributed by atoms with van der Waals surface area (Å²) >= 11 is 0. The summed E-state index contributed by atoms with van der Waals surface area (Å²) in [4.78, 5) is 22.7. The van der Waals surface area contributed by atoms with Gasteiger partial charge in [0.2, 0.25) is 5.91 Å². The number of carbonyl (C=O) groups excluding carboxylic acids is 2. The zero-order valence-electron chi connectivity index (χ0n) is 11.0. The molecule has 0 saturated carbocycles. The van der Waals surface area contributed by atoms with E-state index in [1.807, 2.05) is 19.1 Å². The number of rotatable bonds is 5. The van der Waals surface area contributed by atoms with Crippen LogP contribution in [-0.4, -0.2) is 11.9 Å². The highest BCUT2D eigenvalue weighted by molar-refractivity contribution is 5.99. The molecule has 0 fully saturated rings. The average Bonchev–Trinajstić information content (AvgIpc) is 2.83. The van der Waals surface area contributed by atoms with Crippen molar-refractivity contribution in [2.45, 2.75) is 19.8 Å². The third-order valence-corrected chi connectivity index (χ3v) is 2.82. The number of para-hydroxylation sites is 1. The Morgan fingerprint density at radius 2 is 1.95 bits per heavy atom. The van der Waals surface area contributed by atoms with Crippen LogP contribution in [0.15, 0.2) is 40.8 Å². The van der Waals surface area contributed by atoms with Gasteiger partial charge in [0, 0.05) is 24.1 Å². The standard InChI is InChI=1S/C15H15NO4/c1-10-6-7-11(20-10)8-9-14(17)16-13-5-3-2-4-12(13)15(18)19/h2-7H,8-9H2,1H3,(H,16,17)(H,18,19)/p-1. The highest BCUT2D eigenvalue weighted by Crippen LogP contribution is 2.15. The maximum atomic E-state index is 11.8. The van der Waals surface area contributed by atoms with Gasteiger partial charge in [-0.25, -0.2) is 0 Å². The molecule has 0 atom stereocenters. The van der Waals surface area contributed by atoms with E-state index in [0.29, 0.717) is 6.42 Å². The Morgan fingerprint density at radius 3 is 2.60 bits per heavy atom. The molecule has 2 rings (SSSR count). The van der Waals surface area contributed by atoms with E-state index in [9.17, 15) is 14.7 Å². The second-order valence-corrected chi connectivity index (χ2v) is 4.39. The summed E-state index contributed by atoms with van der Waals surface area (Å²) < 4.78 is 5.36. The van der Waals surface area contributed by atoms with Crippen LogP contribution in [0.1, 0.15) is 28.3 Å². The van der Waals surface area contributed by atoms with E-state index in [1.165, 1.54) is 12.1 Å². The van der Waals surface area contributed by atoms with Gasteiger partial charge in [-0.15, -0.1) is 0 Å². The molecule has 2 aromatic rings. The minimum Gasteiger partial charge on any atom is -0.545 e. The van der Waals surface area contributed by atoms with Gasteiger partial charge in [0.05, 0.1) is 5.97 Å². The van der Waals surface area contributed by atoms with Crippen molar-refractivity contribution < 1.29 is 19.1 Å². The number of carboxylic acid groups (broad SMARTS) is 1. The molecule has 5 nitrogen and oxygen atoms in total. The summed E-state index contributed by atoms with van der Waals surface area (Å²) in [5.41, 5.74) is 0.211. The Bertz CT molecular complexity index is 630. The minimum atomic E-state index is -1.32. The van der Waals surface area contributed by atoms with Gasteiger partial charge in [-0.1, -0.05) is 18.2 Å². The van der Waals surface area contributed by atoms with E-state index in [1.54, 1.807) is 12.1 Å². The van der Waals surface area contributed by atoms with Crippen LogP contribution in [0.2, 0.25) is 0 Å². The maximum absolute atomic E-state index is 11.8. The van der Waals surface area contributed by atoms with Crippen molar-refractivity contribution in [1.82, 2.24) is 0 Å². The molecule has 0 aliphatic rings. The lowest BCUT2D eigenvalue weighted by atomic mass is 10.1. The van der Waals surface area contributed by atoms with Crippen molar-refractivity contribution in [3.05, 3.63) is 53.5 Å². The lowest BCUT2D eigenvalue weighted by Crippen LogP contribution is -2.24. The first kappa shape index (κ1) is 13.9. The largest absolute Gasteiger partial charge is 0.545 e. The number of benzene rings is 1. The predicted octanol–water partition coefficient (Wildman–Crippen LogP) is 1.52. The fourth-order valence-electron chi connectivity index (χ4n) is 1.84. The number of amides is 1. The number of nitrogens with one attached hydrogen (secondary N) is 1. The van der Waals surface area contributed by atoms with Crippen LogP contribution in [0.25, 0.3) is 0 Å². The molecule has 20 heavy (non-hydrogen) atoms.